The molecule has 2 aliphatic rings. The smallest absolute Gasteiger partial charge is 0.358 e. The highest BCUT2D eigenvalue weighted by Crippen LogP contribution is 2.34. The van der Waals surface area contributed by atoms with E-state index in [1.165, 1.54) is 35.6 Å². The van der Waals surface area contributed by atoms with Crippen LogP contribution in [0.5, 0.6) is 0 Å². The number of nitrogens with zero attached hydrogens (tertiary/aromatic N) is 4. The van der Waals surface area contributed by atoms with Crippen LogP contribution < -0.4 is 15.6 Å². The van der Waals surface area contributed by atoms with Crippen molar-refractivity contribution in [1.82, 2.24) is 15.3 Å². The Labute approximate surface area is 247 Å². The molecule has 1 aromatic carbocycles. The van der Waals surface area contributed by atoms with Gasteiger partial charge in [0.25, 0.3) is 5.91 Å². The third kappa shape index (κ3) is 6.45. The van der Waals surface area contributed by atoms with Gasteiger partial charge in [-0.1, -0.05) is 29.3 Å². The normalized spacial score (nSPS) is 17.5. The molecule has 1 aliphatic carbocycles. The predicted molar refractivity (Wildman–Crippen MR) is 155 cm³/mol. The molecule has 0 radical (unpaired) electrons. The molecular weight excluding hydrogens is 591 g/mol. The number of nitrogens with one attached hydrogen (secondary N) is 2. The number of halogens is 2. The van der Waals surface area contributed by atoms with E-state index in [1.807, 2.05) is 6.92 Å². The standard InChI is InChI=1S/C27H26Cl2N6O5S/c1-15-12-18(28)13-19(26(36)32-16(2)17-8-9-17)24(15)33-27(37)21-14-22(34-35(21)25-20(29)6-5-11-31-25)40-41(38,39)23-7-3-4-10-30-23/h3-7,10-13,16-17,21H,8-9,14H2,1-2H3,(H,32,36)(H,33,37). The van der Waals surface area contributed by atoms with Crippen LogP contribution in [0.1, 0.15) is 42.1 Å². The molecule has 3 heterocycles. The highest BCUT2D eigenvalue weighted by molar-refractivity contribution is 7.87. The summed E-state index contributed by atoms with van der Waals surface area (Å²) in [6, 6.07) is 9.49. The fraction of sp³-hybridized carbons (Fsp3) is 0.296. The van der Waals surface area contributed by atoms with Gasteiger partial charge in [-0.2, -0.15) is 8.42 Å². The molecule has 1 saturated carbocycles. The molecule has 214 valence electrons. The Morgan fingerprint density at radius 1 is 1.10 bits per heavy atom. The summed E-state index contributed by atoms with van der Waals surface area (Å²) >= 11 is 12.6. The first-order valence-electron chi connectivity index (χ1n) is 12.8. The van der Waals surface area contributed by atoms with Gasteiger partial charge in [-0.05, 0) is 74.6 Å². The molecule has 41 heavy (non-hydrogen) atoms. The molecule has 0 saturated heterocycles. The van der Waals surface area contributed by atoms with Gasteiger partial charge in [0.15, 0.2) is 10.8 Å². The van der Waals surface area contributed by atoms with Crippen LogP contribution >= 0.6 is 23.2 Å². The Bertz CT molecular complexity index is 1630. The Kier molecular flexibility index (Phi) is 8.16. The van der Waals surface area contributed by atoms with Crippen molar-refractivity contribution < 1.29 is 22.2 Å². The summed E-state index contributed by atoms with van der Waals surface area (Å²) in [4.78, 5) is 35.0. The molecule has 11 nitrogen and oxygen atoms in total. The molecule has 3 aromatic rings. The number of amides is 2. The minimum absolute atomic E-state index is 0.0314. The first-order valence-corrected chi connectivity index (χ1v) is 14.9. The zero-order chi connectivity index (χ0) is 29.3. The SMILES string of the molecule is Cc1cc(Cl)cc(C(=O)NC(C)C2CC2)c1NC(=O)C1CC(OS(=O)(=O)c2ccccn2)=NN1c1ncccc1Cl. The van der Waals surface area contributed by atoms with Crippen LogP contribution in [0.15, 0.2) is 65.0 Å². The minimum Gasteiger partial charge on any atom is -0.360 e. The second-order valence-corrected chi connectivity index (χ2v) is 12.1. The lowest BCUT2D eigenvalue weighted by Crippen LogP contribution is -2.40. The summed E-state index contributed by atoms with van der Waals surface area (Å²) in [5, 5.41) is 11.5. The molecule has 2 aromatic heterocycles. The molecule has 2 unspecified atom stereocenters. The van der Waals surface area contributed by atoms with Crippen molar-refractivity contribution in [3.63, 3.8) is 0 Å². The topological polar surface area (TPSA) is 143 Å². The van der Waals surface area contributed by atoms with Gasteiger partial charge < -0.3 is 14.8 Å². The van der Waals surface area contributed by atoms with Gasteiger partial charge in [-0.3, -0.25) is 9.59 Å². The maximum atomic E-state index is 13.8. The summed E-state index contributed by atoms with van der Waals surface area (Å²) < 4.78 is 30.9. The molecule has 1 aliphatic heterocycles. The van der Waals surface area contributed by atoms with Crippen molar-refractivity contribution in [1.29, 1.82) is 0 Å². The van der Waals surface area contributed by atoms with Gasteiger partial charge in [-0.25, -0.2) is 15.0 Å². The van der Waals surface area contributed by atoms with E-state index < -0.39 is 22.1 Å². The third-order valence-corrected chi connectivity index (χ3v) is 8.40. The summed E-state index contributed by atoms with van der Waals surface area (Å²) in [7, 11) is -4.33. The van der Waals surface area contributed by atoms with Gasteiger partial charge in [-0.15, -0.1) is 5.10 Å². The molecule has 0 spiro atoms. The highest BCUT2D eigenvalue weighted by atomic mass is 35.5. The molecule has 2 N–H and O–H groups in total. The fourth-order valence-electron chi connectivity index (χ4n) is 4.44. The van der Waals surface area contributed by atoms with E-state index in [2.05, 4.69) is 25.7 Å². The summed E-state index contributed by atoms with van der Waals surface area (Å²) in [6.45, 7) is 3.66. The van der Waals surface area contributed by atoms with Crippen LogP contribution in [0.25, 0.3) is 0 Å². The van der Waals surface area contributed by atoms with Crippen molar-refractivity contribution in [3.05, 3.63) is 76.0 Å². The molecule has 2 amide bonds. The zero-order valence-corrected chi connectivity index (χ0v) is 24.4. The van der Waals surface area contributed by atoms with Crippen molar-refractivity contribution in [2.75, 3.05) is 10.3 Å². The van der Waals surface area contributed by atoms with Crippen molar-refractivity contribution in [2.24, 2.45) is 11.0 Å². The Balaban J connectivity index is 1.44. The van der Waals surface area contributed by atoms with E-state index in [0.717, 1.165) is 12.8 Å². The number of aryl methyl sites for hydroxylation is 1. The van der Waals surface area contributed by atoms with Crippen LogP contribution in [0, 0.1) is 12.8 Å². The average Bonchev–Trinajstić information content (AvgIpc) is 3.71. The number of pyridine rings is 2. The molecular formula is C27H26Cl2N6O5S. The minimum atomic E-state index is -4.33. The molecule has 2 atom stereocenters. The number of carbonyl (C=O) groups excluding carboxylic acids is 2. The predicted octanol–water partition coefficient (Wildman–Crippen LogP) is 4.56. The van der Waals surface area contributed by atoms with E-state index in [4.69, 9.17) is 27.4 Å². The number of rotatable bonds is 8. The number of aromatic nitrogens is 2. The third-order valence-electron chi connectivity index (χ3n) is 6.72. The van der Waals surface area contributed by atoms with E-state index >= 15 is 0 Å². The van der Waals surface area contributed by atoms with Gasteiger partial charge in [0, 0.05) is 23.5 Å². The lowest BCUT2D eigenvalue weighted by atomic mass is 10.1. The number of anilines is 2. The lowest BCUT2D eigenvalue weighted by molar-refractivity contribution is -0.117. The van der Waals surface area contributed by atoms with E-state index in [9.17, 15) is 18.0 Å². The first-order chi connectivity index (χ1) is 19.5. The van der Waals surface area contributed by atoms with Crippen LogP contribution in [0.2, 0.25) is 10.0 Å². The Hall–Kier alpha value is -3.74. The van der Waals surface area contributed by atoms with Crippen molar-refractivity contribution >= 4 is 62.5 Å². The van der Waals surface area contributed by atoms with Crippen LogP contribution in [-0.2, 0) is 19.1 Å². The van der Waals surface area contributed by atoms with Crippen molar-refractivity contribution in [3.8, 4) is 0 Å². The maximum Gasteiger partial charge on any atom is 0.358 e. The molecule has 14 heteroatoms. The zero-order valence-electron chi connectivity index (χ0n) is 22.0. The number of carbonyl (C=O) groups is 2. The van der Waals surface area contributed by atoms with Gasteiger partial charge >= 0.3 is 10.1 Å². The molecule has 1 fully saturated rings. The quantitative estimate of drug-likeness (QED) is 0.351. The number of hydrogen-bond donors (Lipinski definition) is 2. The van der Waals surface area contributed by atoms with Gasteiger partial charge in [0.05, 0.1) is 22.7 Å². The van der Waals surface area contributed by atoms with E-state index in [-0.39, 0.29) is 51.4 Å². The van der Waals surface area contributed by atoms with Gasteiger partial charge in [0.2, 0.25) is 11.8 Å². The summed E-state index contributed by atoms with van der Waals surface area (Å²) in [5.41, 5.74) is 1.03. The molecule has 0 bridgehead atoms. The van der Waals surface area contributed by atoms with E-state index in [0.29, 0.717) is 16.5 Å². The van der Waals surface area contributed by atoms with Crippen LogP contribution in [0.3, 0.4) is 0 Å². The number of hydrogen-bond acceptors (Lipinski definition) is 9. The largest absolute Gasteiger partial charge is 0.360 e. The lowest BCUT2D eigenvalue weighted by Gasteiger charge is -2.23. The summed E-state index contributed by atoms with van der Waals surface area (Å²) in [5.74, 6) is -0.693. The Morgan fingerprint density at radius 2 is 1.85 bits per heavy atom. The average molecular weight is 618 g/mol. The first kappa shape index (κ1) is 28.8. The second kappa shape index (κ2) is 11.6. The van der Waals surface area contributed by atoms with Crippen molar-refractivity contribution in [2.45, 2.75) is 50.2 Å². The fourth-order valence-corrected chi connectivity index (χ4v) is 5.79. The Morgan fingerprint density at radius 3 is 2.54 bits per heavy atom. The van der Waals surface area contributed by atoms with E-state index in [1.54, 1.807) is 31.2 Å². The van der Waals surface area contributed by atoms with Crippen LogP contribution in [-0.4, -0.2) is 48.2 Å². The number of hydrazone groups is 1. The molecule has 5 rings (SSSR count). The second-order valence-electron chi connectivity index (χ2n) is 9.81. The van der Waals surface area contributed by atoms with Gasteiger partial charge in [0.1, 0.15) is 6.04 Å². The number of benzene rings is 1. The monoisotopic (exact) mass is 616 g/mol. The highest BCUT2D eigenvalue weighted by Gasteiger charge is 2.39. The van der Waals surface area contributed by atoms with Crippen LogP contribution in [0.4, 0.5) is 11.5 Å². The summed E-state index contributed by atoms with van der Waals surface area (Å²) in [6.07, 6.45) is 4.64. The maximum absolute atomic E-state index is 13.8.